The molecule has 3 atom stereocenters. The molecule has 12 heavy (non-hydrogen) atoms. The first-order valence-corrected chi connectivity index (χ1v) is 4.91. The normalized spacial score (nSPS) is 38.8. The van der Waals surface area contributed by atoms with E-state index < -0.39 is 0 Å². The molecule has 2 aliphatic heterocycles. The van der Waals surface area contributed by atoms with Gasteiger partial charge < -0.3 is 15.2 Å². The smallest absolute Gasteiger partial charge is 0.0954 e. The summed E-state index contributed by atoms with van der Waals surface area (Å²) < 4.78 is 5.44. The van der Waals surface area contributed by atoms with E-state index in [1.54, 1.807) is 0 Å². The number of rotatable bonds is 2. The van der Waals surface area contributed by atoms with E-state index in [1.165, 1.54) is 6.42 Å². The van der Waals surface area contributed by atoms with E-state index >= 15 is 0 Å². The number of ether oxygens (including phenoxy) is 1. The first-order chi connectivity index (χ1) is 5.88. The molecular formula is C9H17NO2. The average molecular weight is 171 g/mol. The number of hydrogen-bond acceptors (Lipinski definition) is 3. The van der Waals surface area contributed by atoms with Crippen LogP contribution in [0.5, 0.6) is 0 Å². The van der Waals surface area contributed by atoms with Crippen LogP contribution >= 0.6 is 0 Å². The Morgan fingerprint density at radius 1 is 1.33 bits per heavy atom. The molecule has 0 aromatic rings. The van der Waals surface area contributed by atoms with Crippen LogP contribution in [-0.4, -0.2) is 36.5 Å². The summed E-state index contributed by atoms with van der Waals surface area (Å²) in [5.41, 5.74) is 0. The van der Waals surface area contributed by atoms with Crippen LogP contribution in [0.4, 0.5) is 0 Å². The highest BCUT2D eigenvalue weighted by Crippen LogP contribution is 2.21. The molecule has 2 aliphatic rings. The molecule has 2 fully saturated rings. The summed E-state index contributed by atoms with van der Waals surface area (Å²) in [6.07, 6.45) is 4.24. The summed E-state index contributed by atoms with van der Waals surface area (Å²) in [6, 6.07) is 0.285. The van der Waals surface area contributed by atoms with Crippen molar-refractivity contribution in [2.45, 2.75) is 43.9 Å². The van der Waals surface area contributed by atoms with Gasteiger partial charge >= 0.3 is 0 Å². The van der Waals surface area contributed by atoms with Gasteiger partial charge in [-0.25, -0.2) is 0 Å². The number of aliphatic hydroxyl groups excluding tert-OH is 1. The molecule has 2 rings (SSSR count). The molecule has 2 N–H and O–H groups in total. The minimum atomic E-state index is -0.282. The predicted octanol–water partition coefficient (Wildman–Crippen LogP) is 0.278. The molecule has 3 nitrogen and oxygen atoms in total. The van der Waals surface area contributed by atoms with Gasteiger partial charge in [-0.1, -0.05) is 0 Å². The van der Waals surface area contributed by atoms with Gasteiger partial charge in [-0.05, 0) is 32.2 Å². The first-order valence-electron chi connectivity index (χ1n) is 4.91. The second-order valence-electron chi connectivity index (χ2n) is 3.74. The third-order valence-electron chi connectivity index (χ3n) is 2.86. The number of nitrogens with one attached hydrogen (secondary N) is 1. The number of aliphatic hydroxyl groups is 1. The molecule has 0 saturated carbocycles. The second kappa shape index (κ2) is 3.73. The summed E-state index contributed by atoms with van der Waals surface area (Å²) in [5, 5.41) is 13.2. The largest absolute Gasteiger partial charge is 0.389 e. The zero-order valence-corrected chi connectivity index (χ0v) is 7.33. The quantitative estimate of drug-likeness (QED) is 0.627. The van der Waals surface area contributed by atoms with Gasteiger partial charge in [-0.15, -0.1) is 0 Å². The molecule has 2 saturated heterocycles. The van der Waals surface area contributed by atoms with Crippen molar-refractivity contribution >= 4 is 0 Å². The fraction of sp³-hybridized carbons (Fsp3) is 1.00. The summed E-state index contributed by atoms with van der Waals surface area (Å²) in [6.45, 7) is 1.88. The van der Waals surface area contributed by atoms with Crippen molar-refractivity contribution < 1.29 is 9.84 Å². The van der Waals surface area contributed by atoms with Gasteiger partial charge in [0.15, 0.2) is 0 Å². The molecule has 0 spiro atoms. The third-order valence-corrected chi connectivity index (χ3v) is 2.86. The molecule has 70 valence electrons. The lowest BCUT2D eigenvalue weighted by Gasteiger charge is -2.23. The lowest BCUT2D eigenvalue weighted by molar-refractivity contribution is -0.0172. The fourth-order valence-electron chi connectivity index (χ4n) is 2.13. The Bertz CT molecular complexity index is 123. The molecule has 0 aromatic heterocycles. The SMILES string of the molecule is OC(C1CCCN1)C1CCCO1. The van der Waals surface area contributed by atoms with Crippen LogP contribution < -0.4 is 5.32 Å². The lowest BCUT2D eigenvalue weighted by atomic mass is 10.0. The van der Waals surface area contributed by atoms with Crippen molar-refractivity contribution in [2.75, 3.05) is 13.2 Å². The van der Waals surface area contributed by atoms with E-state index in [0.29, 0.717) is 0 Å². The maximum absolute atomic E-state index is 9.86. The van der Waals surface area contributed by atoms with Crippen LogP contribution in [0.1, 0.15) is 25.7 Å². The molecule has 0 aromatic carbocycles. The highest BCUT2D eigenvalue weighted by molar-refractivity contribution is 4.87. The highest BCUT2D eigenvalue weighted by atomic mass is 16.5. The minimum absolute atomic E-state index is 0.0978. The van der Waals surface area contributed by atoms with Gasteiger partial charge in [0.2, 0.25) is 0 Å². The van der Waals surface area contributed by atoms with Crippen LogP contribution in [0.3, 0.4) is 0 Å². The van der Waals surface area contributed by atoms with Gasteiger partial charge in [-0.2, -0.15) is 0 Å². The molecule has 2 heterocycles. The van der Waals surface area contributed by atoms with Gasteiger partial charge in [0.05, 0.1) is 12.2 Å². The summed E-state index contributed by atoms with van der Waals surface area (Å²) in [5.74, 6) is 0. The van der Waals surface area contributed by atoms with Gasteiger partial charge in [0.25, 0.3) is 0 Å². The lowest BCUT2D eigenvalue weighted by Crippen LogP contribution is -2.42. The van der Waals surface area contributed by atoms with E-state index in [0.717, 1.165) is 32.4 Å². The standard InChI is InChI=1S/C9H17NO2/c11-9(7-3-1-5-10-7)8-4-2-6-12-8/h7-11H,1-6H2. The van der Waals surface area contributed by atoms with Crippen LogP contribution in [0.15, 0.2) is 0 Å². The predicted molar refractivity (Wildman–Crippen MR) is 46.0 cm³/mol. The Balaban J connectivity index is 1.84. The van der Waals surface area contributed by atoms with Crippen LogP contribution in [-0.2, 0) is 4.74 Å². The summed E-state index contributed by atoms with van der Waals surface area (Å²) in [7, 11) is 0. The van der Waals surface area contributed by atoms with Crippen molar-refractivity contribution in [3.8, 4) is 0 Å². The van der Waals surface area contributed by atoms with Gasteiger partial charge in [-0.3, -0.25) is 0 Å². The molecule has 3 heteroatoms. The zero-order valence-electron chi connectivity index (χ0n) is 7.33. The molecule has 3 unspecified atom stereocenters. The van der Waals surface area contributed by atoms with Crippen molar-refractivity contribution in [3.63, 3.8) is 0 Å². The minimum Gasteiger partial charge on any atom is -0.389 e. The molecule has 0 bridgehead atoms. The van der Waals surface area contributed by atoms with E-state index in [4.69, 9.17) is 4.74 Å². The van der Waals surface area contributed by atoms with Gasteiger partial charge in [0.1, 0.15) is 0 Å². The molecular weight excluding hydrogens is 154 g/mol. The zero-order chi connectivity index (χ0) is 8.39. The maximum Gasteiger partial charge on any atom is 0.0954 e. The maximum atomic E-state index is 9.86. The van der Waals surface area contributed by atoms with E-state index in [1.807, 2.05) is 0 Å². The Morgan fingerprint density at radius 2 is 2.25 bits per heavy atom. The molecule has 0 aliphatic carbocycles. The van der Waals surface area contributed by atoms with Crippen LogP contribution in [0, 0.1) is 0 Å². The summed E-state index contributed by atoms with van der Waals surface area (Å²) >= 11 is 0. The van der Waals surface area contributed by atoms with E-state index in [9.17, 15) is 5.11 Å². The monoisotopic (exact) mass is 171 g/mol. The van der Waals surface area contributed by atoms with Crippen molar-refractivity contribution in [1.29, 1.82) is 0 Å². The van der Waals surface area contributed by atoms with Crippen LogP contribution in [0.25, 0.3) is 0 Å². The Labute approximate surface area is 73.1 Å². The fourth-order valence-corrected chi connectivity index (χ4v) is 2.13. The summed E-state index contributed by atoms with van der Waals surface area (Å²) in [4.78, 5) is 0. The third kappa shape index (κ3) is 1.63. The topological polar surface area (TPSA) is 41.5 Å². The number of hydrogen-bond donors (Lipinski definition) is 2. The Morgan fingerprint density at radius 3 is 2.83 bits per heavy atom. The molecule has 0 radical (unpaired) electrons. The van der Waals surface area contributed by atoms with Crippen molar-refractivity contribution in [2.24, 2.45) is 0 Å². The second-order valence-corrected chi connectivity index (χ2v) is 3.74. The van der Waals surface area contributed by atoms with E-state index in [2.05, 4.69) is 5.32 Å². The highest BCUT2D eigenvalue weighted by Gasteiger charge is 2.32. The van der Waals surface area contributed by atoms with Crippen molar-refractivity contribution in [1.82, 2.24) is 5.32 Å². The first kappa shape index (κ1) is 8.48. The Hall–Kier alpha value is -0.120. The van der Waals surface area contributed by atoms with Gasteiger partial charge in [0, 0.05) is 12.6 Å². The van der Waals surface area contributed by atoms with E-state index in [-0.39, 0.29) is 18.2 Å². The van der Waals surface area contributed by atoms with Crippen LogP contribution in [0.2, 0.25) is 0 Å². The average Bonchev–Trinajstić information content (AvgIpc) is 2.77. The van der Waals surface area contributed by atoms with Crippen molar-refractivity contribution in [3.05, 3.63) is 0 Å². The molecule has 0 amide bonds. The Kier molecular flexibility index (Phi) is 2.63.